The van der Waals surface area contributed by atoms with Gasteiger partial charge in [0.15, 0.2) is 0 Å². The number of nitrogens with zero attached hydrogens (tertiary/aromatic N) is 1. The van der Waals surface area contributed by atoms with E-state index in [-0.39, 0.29) is 12.3 Å². The van der Waals surface area contributed by atoms with Gasteiger partial charge in [-0.05, 0) is 44.9 Å². The quantitative estimate of drug-likeness (QED) is 0.103. The molecule has 0 spiro atoms. The molecule has 1 aliphatic rings. The number of hydrogen-bond donors (Lipinski definition) is 7. The van der Waals surface area contributed by atoms with E-state index >= 15 is 0 Å². The first kappa shape index (κ1) is 37.3. The van der Waals surface area contributed by atoms with E-state index in [0.29, 0.717) is 25.9 Å². The third kappa shape index (κ3) is 12.6. The summed E-state index contributed by atoms with van der Waals surface area (Å²) in [5.41, 5.74) is 0. The predicted octanol–water partition coefficient (Wildman–Crippen LogP) is -0.639. The Morgan fingerprint density at radius 2 is 1.19 bits per heavy atom. The molecule has 0 aliphatic carbocycles. The number of aliphatic carboxylic acids is 2. The molecule has 7 N–H and O–H groups in total. The van der Waals surface area contributed by atoms with Gasteiger partial charge in [0.1, 0.15) is 24.2 Å². The molecule has 0 bridgehead atoms. The number of aliphatic hydroxyl groups is 1. The third-order valence-corrected chi connectivity index (χ3v) is 7.22. The molecule has 15 nitrogen and oxygen atoms in total. The second-order valence-corrected chi connectivity index (χ2v) is 11.3. The Hall–Kier alpha value is -3.75. The number of rotatable bonds is 18. The molecule has 1 saturated heterocycles. The molecule has 0 saturated carbocycles. The molecule has 1 heterocycles. The van der Waals surface area contributed by atoms with Crippen molar-refractivity contribution in [1.82, 2.24) is 26.2 Å². The molecule has 244 valence electrons. The number of carbonyl (C=O) groups is 7. The Morgan fingerprint density at radius 3 is 1.63 bits per heavy atom. The van der Waals surface area contributed by atoms with Crippen LogP contribution in [0.15, 0.2) is 0 Å². The Balaban J connectivity index is 3.25. The fraction of sp³-hybridized carbons (Fsp3) is 0.750. The van der Waals surface area contributed by atoms with Gasteiger partial charge in [-0.25, -0.2) is 4.79 Å². The van der Waals surface area contributed by atoms with Gasteiger partial charge in [0.25, 0.3) is 0 Å². The molecular formula is C28H47N5O10. The summed E-state index contributed by atoms with van der Waals surface area (Å²) in [6.07, 6.45) is -0.313. The van der Waals surface area contributed by atoms with Crippen molar-refractivity contribution < 1.29 is 48.9 Å². The number of hydrogen-bond acceptors (Lipinski definition) is 8. The monoisotopic (exact) mass is 613 g/mol. The Kier molecular flexibility index (Phi) is 15.6. The zero-order valence-electron chi connectivity index (χ0n) is 25.6. The Bertz CT molecular complexity index is 1010. The van der Waals surface area contributed by atoms with Gasteiger partial charge in [-0.1, -0.05) is 27.7 Å². The lowest BCUT2D eigenvalue weighted by Gasteiger charge is -2.28. The third-order valence-electron chi connectivity index (χ3n) is 7.22. The highest BCUT2D eigenvalue weighted by Crippen LogP contribution is 2.12. The van der Waals surface area contributed by atoms with Crippen molar-refractivity contribution in [2.24, 2.45) is 11.8 Å². The van der Waals surface area contributed by atoms with Crippen LogP contribution in [0.25, 0.3) is 0 Å². The van der Waals surface area contributed by atoms with Crippen LogP contribution in [0, 0.1) is 11.8 Å². The number of amides is 5. The normalized spacial score (nSPS) is 16.5. The van der Waals surface area contributed by atoms with Crippen LogP contribution in [0.3, 0.4) is 0 Å². The molecule has 5 atom stereocenters. The van der Waals surface area contributed by atoms with Crippen LogP contribution in [0.4, 0.5) is 0 Å². The van der Waals surface area contributed by atoms with Gasteiger partial charge in [0.05, 0.1) is 18.9 Å². The highest BCUT2D eigenvalue weighted by atomic mass is 16.4. The van der Waals surface area contributed by atoms with Gasteiger partial charge in [0, 0.05) is 19.0 Å². The molecule has 43 heavy (non-hydrogen) atoms. The highest BCUT2D eigenvalue weighted by molar-refractivity contribution is 5.98. The van der Waals surface area contributed by atoms with Gasteiger partial charge < -0.3 is 41.5 Å². The minimum atomic E-state index is -1.73. The maximum Gasteiger partial charge on any atom is 0.326 e. The summed E-state index contributed by atoms with van der Waals surface area (Å²) in [4.78, 5) is 89.8. The smallest absolute Gasteiger partial charge is 0.326 e. The summed E-state index contributed by atoms with van der Waals surface area (Å²) in [6, 6.07) is -6.17. The van der Waals surface area contributed by atoms with Crippen molar-refractivity contribution in [2.75, 3.05) is 13.1 Å². The molecule has 1 fully saturated rings. The van der Waals surface area contributed by atoms with Crippen molar-refractivity contribution in [2.45, 2.75) is 110 Å². The largest absolute Gasteiger partial charge is 0.481 e. The summed E-state index contributed by atoms with van der Waals surface area (Å²) >= 11 is 0. The predicted molar refractivity (Wildman–Crippen MR) is 153 cm³/mol. The second kappa shape index (κ2) is 18.0. The zero-order valence-corrected chi connectivity index (χ0v) is 25.6. The van der Waals surface area contributed by atoms with Crippen LogP contribution >= 0.6 is 0 Å². The molecule has 0 aromatic heterocycles. The standard InChI is InChI=1S/C28H47N5O10/c1-6-17(7-2)24(38)32-23(16(5)34)27(41)30-18(13-21(35)33-10-8-9-11-33)25(39)29-19(14-22(36)37)26(40)31-20(28(42)43)12-15(3)4/h15-20,23,34H,6-14H2,1-5H3,(H,29,39)(H,30,41)(H,31,40)(H,32,38)(H,36,37)(H,42,43)/t16?,18-,19-,20-,23-/m0/s1. The summed E-state index contributed by atoms with van der Waals surface area (Å²) in [6.45, 7) is 9.21. The summed E-state index contributed by atoms with van der Waals surface area (Å²) < 4.78 is 0. The van der Waals surface area contributed by atoms with Crippen molar-refractivity contribution >= 4 is 41.5 Å². The van der Waals surface area contributed by atoms with Crippen molar-refractivity contribution in [1.29, 1.82) is 0 Å². The maximum absolute atomic E-state index is 13.4. The molecular weight excluding hydrogens is 566 g/mol. The van der Waals surface area contributed by atoms with Crippen LogP contribution in [0.5, 0.6) is 0 Å². The van der Waals surface area contributed by atoms with Crippen molar-refractivity contribution in [3.63, 3.8) is 0 Å². The molecule has 5 amide bonds. The molecule has 15 heteroatoms. The number of likely N-dealkylation sites (tertiary alicyclic amines) is 1. The van der Waals surface area contributed by atoms with E-state index in [4.69, 9.17) is 0 Å². The first-order chi connectivity index (χ1) is 20.1. The van der Waals surface area contributed by atoms with Crippen molar-refractivity contribution in [3.8, 4) is 0 Å². The molecule has 0 radical (unpaired) electrons. The molecule has 0 aromatic carbocycles. The minimum Gasteiger partial charge on any atom is -0.481 e. The number of carbonyl (C=O) groups excluding carboxylic acids is 5. The number of carboxylic acid groups (broad SMARTS) is 2. The van der Waals surface area contributed by atoms with E-state index in [1.807, 2.05) is 0 Å². The van der Waals surface area contributed by atoms with Gasteiger partial charge in [0.2, 0.25) is 29.5 Å². The topological polar surface area (TPSA) is 232 Å². The second-order valence-electron chi connectivity index (χ2n) is 11.3. The van der Waals surface area contributed by atoms with Crippen LogP contribution in [-0.2, 0) is 33.6 Å². The zero-order chi connectivity index (χ0) is 32.9. The first-order valence-electron chi connectivity index (χ1n) is 14.7. The fourth-order valence-electron chi connectivity index (χ4n) is 4.70. The van der Waals surface area contributed by atoms with Crippen LogP contribution < -0.4 is 21.3 Å². The summed E-state index contributed by atoms with van der Waals surface area (Å²) in [7, 11) is 0. The van der Waals surface area contributed by atoms with Gasteiger partial charge >= 0.3 is 11.9 Å². The minimum absolute atomic E-state index is 0.0429. The van der Waals surface area contributed by atoms with E-state index < -0.39 is 90.5 Å². The van der Waals surface area contributed by atoms with Gasteiger partial charge in [-0.3, -0.25) is 28.8 Å². The SMILES string of the molecule is CCC(CC)C(=O)N[C@H](C(=O)N[C@@H](CC(=O)N1CCCC1)C(=O)N[C@@H](CC(=O)O)C(=O)N[C@@H](CC(C)C)C(=O)O)C(C)O. The van der Waals surface area contributed by atoms with E-state index in [1.165, 1.54) is 11.8 Å². The summed E-state index contributed by atoms with van der Waals surface area (Å²) in [5, 5.41) is 38.4. The number of aliphatic hydroxyl groups excluding tert-OH is 1. The highest BCUT2D eigenvalue weighted by Gasteiger charge is 2.36. The molecule has 1 aliphatic heterocycles. The van der Waals surface area contributed by atoms with E-state index in [9.17, 15) is 48.9 Å². The Labute approximate surface area is 251 Å². The van der Waals surface area contributed by atoms with Gasteiger partial charge in [-0.2, -0.15) is 0 Å². The van der Waals surface area contributed by atoms with Crippen LogP contribution in [0.2, 0.25) is 0 Å². The van der Waals surface area contributed by atoms with Gasteiger partial charge in [-0.15, -0.1) is 0 Å². The van der Waals surface area contributed by atoms with E-state index in [0.717, 1.165) is 12.8 Å². The van der Waals surface area contributed by atoms with E-state index in [2.05, 4.69) is 21.3 Å². The molecule has 0 aromatic rings. The fourth-order valence-corrected chi connectivity index (χ4v) is 4.70. The number of nitrogens with one attached hydrogen (secondary N) is 4. The molecule has 1 unspecified atom stereocenters. The lowest BCUT2D eigenvalue weighted by atomic mass is 10.0. The lowest BCUT2D eigenvalue weighted by Crippen LogP contribution is -2.60. The lowest BCUT2D eigenvalue weighted by molar-refractivity contribution is -0.144. The first-order valence-corrected chi connectivity index (χ1v) is 14.7. The molecule has 1 rings (SSSR count). The summed E-state index contributed by atoms with van der Waals surface area (Å²) in [5.74, 6) is -7.43. The van der Waals surface area contributed by atoms with Crippen LogP contribution in [-0.4, -0.2) is 105 Å². The van der Waals surface area contributed by atoms with E-state index in [1.54, 1.807) is 27.7 Å². The Morgan fingerprint density at radius 1 is 0.698 bits per heavy atom. The average Bonchev–Trinajstić information content (AvgIpc) is 3.45. The number of carboxylic acids is 2. The van der Waals surface area contributed by atoms with Crippen molar-refractivity contribution in [3.05, 3.63) is 0 Å². The maximum atomic E-state index is 13.4. The van der Waals surface area contributed by atoms with Crippen LogP contribution in [0.1, 0.15) is 79.6 Å². The average molecular weight is 614 g/mol.